The summed E-state index contributed by atoms with van der Waals surface area (Å²) in [5.74, 6) is 2.47. The highest BCUT2D eigenvalue weighted by Gasteiger charge is 2.40. The van der Waals surface area contributed by atoms with E-state index in [4.69, 9.17) is 10.2 Å². The van der Waals surface area contributed by atoms with Crippen LogP contribution >= 0.6 is 0 Å². The number of hydrogen-bond acceptors (Lipinski definition) is 8. The number of amides is 1. The maximum Gasteiger partial charge on any atom is 0.212 e. The van der Waals surface area contributed by atoms with Crippen LogP contribution in [-0.2, 0) is 4.79 Å². The monoisotopic (exact) mass is 431 g/mol. The number of carbonyl (C=O) groups excluding carboxylic acids is 1. The quantitative estimate of drug-likeness (QED) is 0.400. The molecule has 2 aliphatic heterocycles. The van der Waals surface area contributed by atoms with Crippen LogP contribution in [0.2, 0.25) is 0 Å². The second-order valence-electron chi connectivity index (χ2n) is 8.32. The fraction of sp³-hybridized carbons (Fsp3) is 0.409. The summed E-state index contributed by atoms with van der Waals surface area (Å²) in [5, 5.41) is 26.2. The molecule has 10 nitrogen and oxygen atoms in total. The summed E-state index contributed by atoms with van der Waals surface area (Å²) in [7, 11) is 0. The minimum Gasteiger partial charge on any atom is -0.367 e. The highest BCUT2D eigenvalue weighted by atomic mass is 16.1. The van der Waals surface area contributed by atoms with Crippen LogP contribution in [0.3, 0.4) is 0 Å². The highest BCUT2D eigenvalue weighted by molar-refractivity contribution is 5.91. The lowest BCUT2D eigenvalue weighted by Crippen LogP contribution is -2.47. The van der Waals surface area contributed by atoms with Gasteiger partial charge in [-0.2, -0.15) is 10.4 Å². The van der Waals surface area contributed by atoms with Crippen molar-refractivity contribution in [2.45, 2.75) is 50.2 Å². The van der Waals surface area contributed by atoms with Gasteiger partial charge in [-0.15, -0.1) is 0 Å². The van der Waals surface area contributed by atoms with Gasteiger partial charge in [0.05, 0.1) is 11.6 Å². The van der Waals surface area contributed by atoms with Gasteiger partial charge in [0.1, 0.15) is 17.5 Å². The number of pyridine rings is 2. The summed E-state index contributed by atoms with van der Waals surface area (Å²) in [5.41, 5.74) is 0.837. The third-order valence-electron chi connectivity index (χ3n) is 6.35. The molecule has 32 heavy (non-hydrogen) atoms. The van der Waals surface area contributed by atoms with Crippen molar-refractivity contribution in [1.82, 2.24) is 25.1 Å². The molecular weight excluding hydrogens is 406 g/mol. The van der Waals surface area contributed by atoms with Gasteiger partial charge in [0.25, 0.3) is 0 Å². The van der Waals surface area contributed by atoms with Gasteiger partial charge in [0.15, 0.2) is 5.82 Å². The third-order valence-corrected chi connectivity index (χ3v) is 6.35. The Balaban J connectivity index is 1.36. The number of rotatable bonds is 8. The number of aromatic nitrogens is 4. The second-order valence-corrected chi connectivity index (χ2v) is 8.32. The number of anilines is 4. The van der Waals surface area contributed by atoms with Crippen molar-refractivity contribution in [2.75, 3.05) is 22.5 Å². The van der Waals surface area contributed by atoms with Crippen LogP contribution in [0.25, 0.3) is 10.9 Å². The van der Waals surface area contributed by atoms with Crippen LogP contribution in [0, 0.1) is 11.3 Å². The summed E-state index contributed by atoms with van der Waals surface area (Å²) in [6, 6.07) is 11.2. The summed E-state index contributed by atoms with van der Waals surface area (Å²) < 4.78 is 0. The highest BCUT2D eigenvalue weighted by Crippen LogP contribution is 2.37. The second kappa shape index (κ2) is 8.80. The fourth-order valence-electron chi connectivity index (χ4n) is 5.03. The van der Waals surface area contributed by atoms with Crippen molar-refractivity contribution >= 4 is 40.6 Å². The van der Waals surface area contributed by atoms with Crippen LogP contribution in [-0.4, -0.2) is 56.1 Å². The van der Waals surface area contributed by atoms with Crippen LogP contribution in [0.5, 0.6) is 0 Å². The molecular formula is C22H25N9O. The Hall–Kier alpha value is -3.71. The van der Waals surface area contributed by atoms with Crippen molar-refractivity contribution in [3.05, 3.63) is 30.5 Å². The van der Waals surface area contributed by atoms with E-state index >= 15 is 0 Å². The minimum absolute atomic E-state index is 0.325. The molecule has 5 heterocycles. The topological polar surface area (TPSA) is 135 Å². The van der Waals surface area contributed by atoms with Gasteiger partial charge < -0.3 is 16.0 Å². The van der Waals surface area contributed by atoms with Gasteiger partial charge in [0, 0.05) is 54.8 Å². The fourth-order valence-corrected chi connectivity index (χ4v) is 5.03. The predicted molar refractivity (Wildman–Crippen MR) is 121 cm³/mol. The molecule has 0 spiro atoms. The Morgan fingerprint density at radius 1 is 1.25 bits per heavy atom. The number of aromatic amines is 1. The van der Waals surface area contributed by atoms with Crippen molar-refractivity contribution in [3.63, 3.8) is 0 Å². The Kier molecular flexibility index (Phi) is 5.56. The Labute approximate surface area is 185 Å². The molecule has 2 unspecified atom stereocenters. The number of fused-ring (bicyclic) bond motifs is 3. The molecule has 4 N–H and O–H groups in total. The van der Waals surface area contributed by atoms with E-state index in [1.807, 2.05) is 18.2 Å². The van der Waals surface area contributed by atoms with Gasteiger partial charge in [-0.25, -0.2) is 4.98 Å². The number of nitrogens with zero attached hydrogens (tertiary/aromatic N) is 5. The van der Waals surface area contributed by atoms with E-state index in [1.54, 1.807) is 12.3 Å². The summed E-state index contributed by atoms with van der Waals surface area (Å²) in [6.07, 6.45) is 7.44. The molecule has 3 aromatic rings. The number of nitriles is 1. The standard InChI is InChI=1S/C22H25N9O/c23-6-2-8-31-15-4-5-16(31)10-14(9-15)26-22-17-3-1-7-24-18(17)11-20(28-22)27-21-12-19(25-13-32)29-30-21/h1,3,7,11-16H,2,4-5,8-10H2,(H4,25,26,27,28,29,30,32). The largest absolute Gasteiger partial charge is 0.367 e. The lowest BCUT2D eigenvalue weighted by atomic mass is 9.97. The van der Waals surface area contributed by atoms with Crippen molar-refractivity contribution in [3.8, 4) is 6.07 Å². The first kappa shape index (κ1) is 20.2. The molecule has 10 heteroatoms. The molecule has 2 atom stereocenters. The zero-order valence-corrected chi connectivity index (χ0v) is 17.6. The maximum absolute atomic E-state index is 10.6. The molecule has 2 bridgehead atoms. The predicted octanol–water partition coefficient (Wildman–Crippen LogP) is 2.99. The zero-order valence-electron chi connectivity index (χ0n) is 17.6. The van der Waals surface area contributed by atoms with E-state index in [2.05, 4.69) is 42.1 Å². The third kappa shape index (κ3) is 4.07. The van der Waals surface area contributed by atoms with Crippen molar-refractivity contribution in [1.29, 1.82) is 5.26 Å². The molecule has 3 aromatic heterocycles. The van der Waals surface area contributed by atoms with E-state index in [0.29, 0.717) is 48.4 Å². The van der Waals surface area contributed by atoms with Crippen LogP contribution < -0.4 is 16.0 Å². The lowest BCUT2D eigenvalue weighted by molar-refractivity contribution is -0.105. The summed E-state index contributed by atoms with van der Waals surface area (Å²) in [6.45, 7) is 0.869. The van der Waals surface area contributed by atoms with Crippen LogP contribution in [0.15, 0.2) is 30.5 Å². The van der Waals surface area contributed by atoms with Gasteiger partial charge in [0.2, 0.25) is 6.41 Å². The molecule has 0 aromatic carbocycles. The van der Waals surface area contributed by atoms with Crippen molar-refractivity contribution < 1.29 is 4.79 Å². The number of H-pyrrole nitrogens is 1. The van der Waals surface area contributed by atoms with E-state index < -0.39 is 0 Å². The molecule has 2 aliphatic rings. The lowest BCUT2D eigenvalue weighted by Gasteiger charge is -2.39. The first-order chi connectivity index (χ1) is 15.7. The van der Waals surface area contributed by atoms with E-state index in [9.17, 15) is 4.79 Å². The van der Waals surface area contributed by atoms with Gasteiger partial charge >= 0.3 is 0 Å². The van der Waals surface area contributed by atoms with E-state index in [1.165, 1.54) is 12.8 Å². The number of piperidine rings is 1. The van der Waals surface area contributed by atoms with Crippen molar-refractivity contribution in [2.24, 2.45) is 0 Å². The first-order valence-electron chi connectivity index (χ1n) is 10.9. The minimum atomic E-state index is 0.325. The van der Waals surface area contributed by atoms with Gasteiger partial charge in [-0.1, -0.05) is 0 Å². The first-order valence-corrected chi connectivity index (χ1v) is 10.9. The van der Waals surface area contributed by atoms with E-state index in [-0.39, 0.29) is 0 Å². The van der Waals surface area contributed by atoms with Crippen LogP contribution in [0.4, 0.5) is 23.3 Å². The molecule has 1 amide bonds. The van der Waals surface area contributed by atoms with Gasteiger partial charge in [-0.3, -0.25) is 19.8 Å². The molecule has 2 fully saturated rings. The van der Waals surface area contributed by atoms with Gasteiger partial charge in [-0.05, 0) is 37.8 Å². The average Bonchev–Trinajstić information content (AvgIpc) is 3.33. The molecule has 5 rings (SSSR count). The number of hydrogen-bond donors (Lipinski definition) is 4. The Morgan fingerprint density at radius 3 is 2.88 bits per heavy atom. The summed E-state index contributed by atoms with van der Waals surface area (Å²) >= 11 is 0. The number of carbonyl (C=O) groups is 1. The maximum atomic E-state index is 10.6. The van der Waals surface area contributed by atoms with Crippen LogP contribution in [0.1, 0.15) is 32.1 Å². The normalized spacial score (nSPS) is 22.4. The Morgan fingerprint density at radius 2 is 2.09 bits per heavy atom. The SMILES string of the molecule is N#CCCN1C2CCC1CC(Nc1nc(Nc3cc(NC=O)[nH]n3)cc3ncccc13)C2. The molecule has 2 saturated heterocycles. The number of nitrogens with one attached hydrogen (secondary N) is 4. The zero-order chi connectivity index (χ0) is 21.9. The Bertz CT molecular complexity index is 1140. The summed E-state index contributed by atoms with van der Waals surface area (Å²) in [4.78, 5) is 22.5. The van der Waals surface area contributed by atoms with E-state index in [0.717, 1.165) is 36.1 Å². The molecule has 0 aliphatic carbocycles. The molecule has 0 radical (unpaired) electrons. The smallest absolute Gasteiger partial charge is 0.212 e. The average molecular weight is 432 g/mol. The molecule has 0 saturated carbocycles. The molecule has 164 valence electrons.